The normalized spacial score (nSPS) is 12.5. The van der Waals surface area contributed by atoms with Crippen molar-refractivity contribution in [2.45, 2.75) is 75.6 Å². The highest BCUT2D eigenvalue weighted by atomic mass is 32.2. The Morgan fingerprint density at radius 1 is 0.905 bits per heavy atom. The van der Waals surface area contributed by atoms with Gasteiger partial charge in [-0.05, 0) is 37.4 Å². The lowest BCUT2D eigenvalue weighted by atomic mass is 9.99. The second-order valence-electron chi connectivity index (χ2n) is 5.88. The highest BCUT2D eigenvalue weighted by Gasteiger charge is 2.08. The lowest BCUT2D eigenvalue weighted by molar-refractivity contribution is 0.494. The zero-order valence-corrected chi connectivity index (χ0v) is 15.0. The van der Waals surface area contributed by atoms with Gasteiger partial charge in [-0.2, -0.15) is 0 Å². The molecule has 0 saturated carbocycles. The van der Waals surface area contributed by atoms with Gasteiger partial charge in [-0.25, -0.2) is 0 Å². The van der Waals surface area contributed by atoms with Crippen LogP contribution in [-0.2, 0) is 0 Å². The van der Waals surface area contributed by atoms with Gasteiger partial charge < -0.3 is 5.32 Å². The summed E-state index contributed by atoms with van der Waals surface area (Å²) in [6.45, 7) is 2.28. The largest absolute Gasteiger partial charge is 0.313 e. The smallest absolute Gasteiger partial charge is 0.0317 e. The van der Waals surface area contributed by atoms with E-state index in [9.17, 15) is 0 Å². The Kier molecular flexibility index (Phi) is 10.7. The van der Waals surface area contributed by atoms with Gasteiger partial charge in [-0.1, -0.05) is 70.4 Å². The van der Waals surface area contributed by atoms with Gasteiger partial charge in [0, 0.05) is 10.9 Å². The van der Waals surface area contributed by atoms with Crippen LogP contribution in [0.4, 0.5) is 0 Å². The predicted molar refractivity (Wildman–Crippen MR) is 97.3 cm³/mol. The second-order valence-corrected chi connectivity index (χ2v) is 6.76. The van der Waals surface area contributed by atoms with Crippen LogP contribution in [0.15, 0.2) is 29.2 Å². The van der Waals surface area contributed by atoms with Crippen LogP contribution >= 0.6 is 11.8 Å². The van der Waals surface area contributed by atoms with E-state index in [0.29, 0.717) is 6.04 Å². The molecule has 21 heavy (non-hydrogen) atoms. The first-order valence-corrected chi connectivity index (χ1v) is 9.85. The fourth-order valence-corrected chi connectivity index (χ4v) is 3.20. The molecule has 1 N–H and O–H groups in total. The second kappa shape index (κ2) is 12.1. The highest BCUT2D eigenvalue weighted by molar-refractivity contribution is 7.98. The molecular formula is C19H33NS. The Morgan fingerprint density at radius 2 is 1.48 bits per heavy atom. The molecule has 1 atom stereocenters. The summed E-state index contributed by atoms with van der Waals surface area (Å²) < 4.78 is 0. The quantitative estimate of drug-likeness (QED) is 0.364. The Labute approximate surface area is 136 Å². The zero-order chi connectivity index (χ0) is 15.3. The van der Waals surface area contributed by atoms with Crippen LogP contribution in [-0.4, -0.2) is 13.3 Å². The molecule has 1 nitrogen and oxygen atoms in total. The minimum atomic E-state index is 0.515. The average Bonchev–Trinajstić information content (AvgIpc) is 2.54. The lowest BCUT2D eigenvalue weighted by Crippen LogP contribution is -2.16. The van der Waals surface area contributed by atoms with E-state index in [0.717, 1.165) is 0 Å². The van der Waals surface area contributed by atoms with Crippen molar-refractivity contribution in [2.24, 2.45) is 0 Å². The molecule has 0 aliphatic heterocycles. The van der Waals surface area contributed by atoms with Crippen molar-refractivity contribution in [3.05, 3.63) is 29.8 Å². The van der Waals surface area contributed by atoms with E-state index in [1.165, 1.54) is 68.2 Å². The van der Waals surface area contributed by atoms with Gasteiger partial charge in [0.2, 0.25) is 0 Å². The third kappa shape index (κ3) is 7.92. The molecule has 2 heteroatoms. The summed E-state index contributed by atoms with van der Waals surface area (Å²) in [5.74, 6) is 0. The Hall–Kier alpha value is -0.470. The van der Waals surface area contributed by atoms with E-state index < -0.39 is 0 Å². The highest BCUT2D eigenvalue weighted by Crippen LogP contribution is 2.23. The summed E-state index contributed by atoms with van der Waals surface area (Å²) in [7, 11) is 2.08. The fraction of sp³-hybridized carbons (Fsp3) is 0.684. The van der Waals surface area contributed by atoms with Crippen molar-refractivity contribution >= 4 is 11.8 Å². The van der Waals surface area contributed by atoms with E-state index >= 15 is 0 Å². The van der Waals surface area contributed by atoms with Gasteiger partial charge in [0.1, 0.15) is 0 Å². The molecular weight excluding hydrogens is 274 g/mol. The number of thioether (sulfide) groups is 1. The molecule has 1 aromatic rings. The molecule has 0 aliphatic carbocycles. The van der Waals surface area contributed by atoms with Crippen LogP contribution < -0.4 is 5.32 Å². The topological polar surface area (TPSA) is 12.0 Å². The Bertz CT molecular complexity index is 347. The predicted octanol–water partition coefficient (Wildman–Crippen LogP) is 6.20. The molecule has 120 valence electrons. The number of nitrogens with one attached hydrogen (secondary N) is 1. The molecule has 1 rings (SSSR count). The maximum atomic E-state index is 3.47. The molecule has 0 fully saturated rings. The minimum Gasteiger partial charge on any atom is -0.313 e. The molecule has 0 bridgehead atoms. The van der Waals surface area contributed by atoms with Gasteiger partial charge in [0.05, 0.1) is 0 Å². The zero-order valence-electron chi connectivity index (χ0n) is 14.2. The summed E-state index contributed by atoms with van der Waals surface area (Å²) in [5, 5.41) is 3.47. The van der Waals surface area contributed by atoms with Crippen molar-refractivity contribution in [3.63, 3.8) is 0 Å². The number of rotatable bonds is 12. The molecule has 0 amide bonds. The van der Waals surface area contributed by atoms with Crippen molar-refractivity contribution in [2.75, 3.05) is 13.3 Å². The molecule has 0 aliphatic rings. The number of unbranched alkanes of at least 4 members (excludes halogenated alkanes) is 7. The monoisotopic (exact) mass is 307 g/mol. The van der Waals surface area contributed by atoms with E-state index in [2.05, 4.69) is 49.8 Å². The molecule has 0 radical (unpaired) electrons. The maximum Gasteiger partial charge on any atom is 0.0317 e. The van der Waals surface area contributed by atoms with E-state index in [1.807, 2.05) is 11.8 Å². The van der Waals surface area contributed by atoms with Gasteiger partial charge >= 0.3 is 0 Å². The summed E-state index contributed by atoms with van der Waals surface area (Å²) >= 11 is 1.81. The third-order valence-corrected chi connectivity index (χ3v) is 4.96. The van der Waals surface area contributed by atoms with Crippen molar-refractivity contribution in [1.82, 2.24) is 5.32 Å². The van der Waals surface area contributed by atoms with Gasteiger partial charge in [0.25, 0.3) is 0 Å². The number of benzene rings is 1. The standard InChI is InChI=1S/C19H33NS/c1-4-5-6-7-8-9-10-11-12-19(20-2)17-13-15-18(21-3)16-14-17/h13-16,19-20H,4-12H2,1-3H3. The van der Waals surface area contributed by atoms with Crippen LogP contribution in [0, 0.1) is 0 Å². The Balaban J connectivity index is 2.18. The van der Waals surface area contributed by atoms with Gasteiger partial charge in [0.15, 0.2) is 0 Å². The minimum absolute atomic E-state index is 0.515. The molecule has 0 aromatic heterocycles. The number of hydrogen-bond donors (Lipinski definition) is 1. The van der Waals surface area contributed by atoms with E-state index in [4.69, 9.17) is 0 Å². The first kappa shape index (κ1) is 18.6. The van der Waals surface area contributed by atoms with Gasteiger partial charge in [-0.3, -0.25) is 0 Å². The molecule has 0 spiro atoms. The summed E-state index contributed by atoms with van der Waals surface area (Å²) in [6, 6.07) is 9.53. The summed E-state index contributed by atoms with van der Waals surface area (Å²) in [6.07, 6.45) is 14.5. The fourth-order valence-electron chi connectivity index (χ4n) is 2.80. The first-order valence-electron chi connectivity index (χ1n) is 8.63. The van der Waals surface area contributed by atoms with Crippen LogP contribution in [0.5, 0.6) is 0 Å². The van der Waals surface area contributed by atoms with Gasteiger partial charge in [-0.15, -0.1) is 11.8 Å². The molecule has 1 aromatic carbocycles. The summed E-state index contributed by atoms with van der Waals surface area (Å²) in [4.78, 5) is 1.35. The van der Waals surface area contributed by atoms with Crippen molar-refractivity contribution < 1.29 is 0 Å². The first-order chi connectivity index (χ1) is 10.3. The maximum absolute atomic E-state index is 3.47. The molecule has 0 saturated heterocycles. The summed E-state index contributed by atoms with van der Waals surface area (Å²) in [5.41, 5.74) is 1.43. The number of hydrogen-bond acceptors (Lipinski definition) is 2. The Morgan fingerprint density at radius 3 is 2.00 bits per heavy atom. The van der Waals surface area contributed by atoms with Crippen LogP contribution in [0.2, 0.25) is 0 Å². The van der Waals surface area contributed by atoms with Crippen LogP contribution in [0.3, 0.4) is 0 Å². The van der Waals surface area contributed by atoms with E-state index in [-0.39, 0.29) is 0 Å². The van der Waals surface area contributed by atoms with Crippen molar-refractivity contribution in [1.29, 1.82) is 0 Å². The SMILES string of the molecule is CCCCCCCCCCC(NC)c1ccc(SC)cc1. The lowest BCUT2D eigenvalue weighted by Gasteiger charge is -2.17. The molecule has 1 unspecified atom stereocenters. The van der Waals surface area contributed by atoms with Crippen molar-refractivity contribution in [3.8, 4) is 0 Å². The van der Waals surface area contributed by atoms with E-state index in [1.54, 1.807) is 0 Å². The average molecular weight is 308 g/mol. The van der Waals surface area contributed by atoms with Crippen LogP contribution in [0.25, 0.3) is 0 Å². The third-order valence-electron chi connectivity index (χ3n) is 4.21. The van der Waals surface area contributed by atoms with Crippen LogP contribution in [0.1, 0.15) is 76.3 Å². The molecule has 0 heterocycles.